The predicted octanol–water partition coefficient (Wildman–Crippen LogP) is 4.44. The highest BCUT2D eigenvalue weighted by Crippen LogP contribution is 2.12. The van der Waals surface area contributed by atoms with Crippen LogP contribution in [0.15, 0.2) is 18.2 Å². The lowest BCUT2D eigenvalue weighted by Crippen LogP contribution is -2.23. The van der Waals surface area contributed by atoms with Crippen LogP contribution < -0.4 is 5.32 Å². The van der Waals surface area contributed by atoms with Gasteiger partial charge in [-0.3, -0.25) is 0 Å². The van der Waals surface area contributed by atoms with Gasteiger partial charge in [-0.05, 0) is 44.7 Å². The number of halogens is 1. The number of aryl methyl sites for hydroxylation is 2. The van der Waals surface area contributed by atoms with Gasteiger partial charge in [0, 0.05) is 12.4 Å². The molecule has 0 aliphatic heterocycles. The summed E-state index contributed by atoms with van der Waals surface area (Å²) in [5, 5.41) is 3.57. The van der Waals surface area contributed by atoms with Crippen molar-refractivity contribution >= 4 is 11.6 Å². The number of rotatable bonds is 8. The van der Waals surface area contributed by atoms with Gasteiger partial charge < -0.3 is 5.32 Å². The largest absolute Gasteiger partial charge is 0.312 e. The van der Waals surface area contributed by atoms with Crippen molar-refractivity contribution in [3.8, 4) is 0 Å². The SMILES string of the molecule is CCCC(CCCl)CNCc1cc(C)cc(C)c1. The van der Waals surface area contributed by atoms with Crippen LogP contribution in [0.2, 0.25) is 0 Å². The molecule has 0 aromatic heterocycles. The Labute approximate surface area is 117 Å². The Kier molecular flexibility index (Phi) is 7.38. The number of benzene rings is 1. The zero-order valence-corrected chi connectivity index (χ0v) is 12.7. The Morgan fingerprint density at radius 2 is 1.78 bits per heavy atom. The van der Waals surface area contributed by atoms with Gasteiger partial charge in [-0.1, -0.05) is 42.7 Å². The second kappa shape index (κ2) is 8.55. The van der Waals surface area contributed by atoms with E-state index in [1.54, 1.807) is 0 Å². The van der Waals surface area contributed by atoms with Gasteiger partial charge in [0.05, 0.1) is 0 Å². The van der Waals surface area contributed by atoms with Crippen molar-refractivity contribution in [1.29, 1.82) is 0 Å². The van der Waals surface area contributed by atoms with Gasteiger partial charge in [-0.15, -0.1) is 11.6 Å². The second-order valence-corrected chi connectivity index (χ2v) is 5.64. The van der Waals surface area contributed by atoms with Gasteiger partial charge in [0.25, 0.3) is 0 Å². The molecule has 0 heterocycles. The molecule has 102 valence electrons. The first-order chi connectivity index (χ1) is 8.65. The van der Waals surface area contributed by atoms with E-state index < -0.39 is 0 Å². The average molecular weight is 268 g/mol. The fraction of sp³-hybridized carbons (Fsp3) is 0.625. The van der Waals surface area contributed by atoms with Gasteiger partial charge in [0.15, 0.2) is 0 Å². The summed E-state index contributed by atoms with van der Waals surface area (Å²) in [4.78, 5) is 0. The van der Waals surface area contributed by atoms with E-state index >= 15 is 0 Å². The monoisotopic (exact) mass is 267 g/mol. The van der Waals surface area contributed by atoms with E-state index in [0.717, 1.165) is 31.3 Å². The summed E-state index contributed by atoms with van der Waals surface area (Å²) in [5.41, 5.74) is 4.07. The highest BCUT2D eigenvalue weighted by molar-refractivity contribution is 6.17. The Morgan fingerprint density at radius 1 is 1.11 bits per heavy atom. The van der Waals surface area contributed by atoms with Crippen molar-refractivity contribution in [2.75, 3.05) is 12.4 Å². The van der Waals surface area contributed by atoms with Crippen molar-refractivity contribution in [1.82, 2.24) is 5.32 Å². The molecular formula is C16H26ClN. The van der Waals surface area contributed by atoms with Crippen LogP contribution >= 0.6 is 11.6 Å². The molecule has 0 fully saturated rings. The number of nitrogens with one attached hydrogen (secondary N) is 1. The van der Waals surface area contributed by atoms with Crippen LogP contribution in [0.25, 0.3) is 0 Å². The number of hydrogen-bond donors (Lipinski definition) is 1. The highest BCUT2D eigenvalue weighted by Gasteiger charge is 2.06. The van der Waals surface area contributed by atoms with E-state index in [9.17, 15) is 0 Å². The molecule has 0 aliphatic carbocycles. The lowest BCUT2D eigenvalue weighted by Gasteiger charge is -2.16. The van der Waals surface area contributed by atoms with Crippen LogP contribution in [0.3, 0.4) is 0 Å². The van der Waals surface area contributed by atoms with Gasteiger partial charge >= 0.3 is 0 Å². The quantitative estimate of drug-likeness (QED) is 0.687. The molecule has 0 radical (unpaired) electrons. The molecule has 1 nitrogen and oxygen atoms in total. The van der Waals surface area contributed by atoms with Crippen LogP contribution in [0.5, 0.6) is 0 Å². The molecule has 2 heteroatoms. The molecule has 1 N–H and O–H groups in total. The maximum absolute atomic E-state index is 5.84. The minimum atomic E-state index is 0.721. The molecular weight excluding hydrogens is 242 g/mol. The maximum Gasteiger partial charge on any atom is 0.0226 e. The summed E-state index contributed by atoms with van der Waals surface area (Å²) < 4.78 is 0. The first-order valence-electron chi connectivity index (χ1n) is 6.99. The minimum Gasteiger partial charge on any atom is -0.312 e. The first-order valence-corrected chi connectivity index (χ1v) is 7.53. The Hall–Kier alpha value is -0.530. The Morgan fingerprint density at radius 3 is 2.33 bits per heavy atom. The molecule has 0 amide bonds. The highest BCUT2D eigenvalue weighted by atomic mass is 35.5. The van der Waals surface area contributed by atoms with Crippen molar-refractivity contribution in [2.45, 2.75) is 46.6 Å². The van der Waals surface area contributed by atoms with E-state index in [1.807, 2.05) is 0 Å². The van der Waals surface area contributed by atoms with E-state index in [1.165, 1.54) is 29.5 Å². The van der Waals surface area contributed by atoms with Crippen molar-refractivity contribution < 1.29 is 0 Å². The normalized spacial score (nSPS) is 12.7. The summed E-state index contributed by atoms with van der Waals surface area (Å²) in [6, 6.07) is 6.74. The number of hydrogen-bond acceptors (Lipinski definition) is 1. The minimum absolute atomic E-state index is 0.721. The molecule has 1 unspecified atom stereocenters. The number of alkyl halides is 1. The van der Waals surface area contributed by atoms with Gasteiger partial charge in [0.2, 0.25) is 0 Å². The third-order valence-electron chi connectivity index (χ3n) is 3.26. The van der Waals surface area contributed by atoms with Crippen molar-refractivity contribution in [3.05, 3.63) is 34.9 Å². The summed E-state index contributed by atoms with van der Waals surface area (Å²) in [6.45, 7) is 8.59. The average Bonchev–Trinajstić information content (AvgIpc) is 2.28. The topological polar surface area (TPSA) is 12.0 Å². The summed E-state index contributed by atoms with van der Waals surface area (Å²) in [7, 11) is 0. The molecule has 1 aromatic carbocycles. The van der Waals surface area contributed by atoms with E-state index in [2.05, 4.69) is 44.3 Å². The van der Waals surface area contributed by atoms with Crippen LogP contribution in [-0.4, -0.2) is 12.4 Å². The van der Waals surface area contributed by atoms with Crippen LogP contribution in [0.1, 0.15) is 42.9 Å². The van der Waals surface area contributed by atoms with Gasteiger partial charge in [-0.25, -0.2) is 0 Å². The van der Waals surface area contributed by atoms with Gasteiger partial charge in [-0.2, -0.15) is 0 Å². The maximum atomic E-state index is 5.84. The molecule has 0 aliphatic rings. The Balaban J connectivity index is 2.39. The molecule has 1 aromatic rings. The molecule has 1 atom stereocenters. The standard InChI is InChI=1S/C16H26ClN/c1-4-5-15(6-7-17)11-18-12-16-9-13(2)8-14(3)10-16/h8-10,15,18H,4-7,11-12H2,1-3H3. The molecule has 0 bridgehead atoms. The third kappa shape index (κ3) is 5.88. The molecule has 0 spiro atoms. The first kappa shape index (κ1) is 15.5. The van der Waals surface area contributed by atoms with Crippen molar-refractivity contribution in [3.63, 3.8) is 0 Å². The fourth-order valence-corrected chi connectivity index (χ4v) is 2.81. The lowest BCUT2D eigenvalue weighted by molar-refractivity contribution is 0.430. The zero-order valence-electron chi connectivity index (χ0n) is 11.9. The van der Waals surface area contributed by atoms with Crippen LogP contribution in [0.4, 0.5) is 0 Å². The Bertz CT molecular complexity index is 323. The van der Waals surface area contributed by atoms with Crippen molar-refractivity contribution in [2.24, 2.45) is 5.92 Å². The summed E-state index contributed by atoms with van der Waals surface area (Å²) in [6.07, 6.45) is 3.63. The molecule has 0 saturated heterocycles. The smallest absolute Gasteiger partial charge is 0.0226 e. The van der Waals surface area contributed by atoms with E-state index in [0.29, 0.717) is 0 Å². The predicted molar refractivity (Wildman–Crippen MR) is 81.4 cm³/mol. The molecule has 18 heavy (non-hydrogen) atoms. The second-order valence-electron chi connectivity index (χ2n) is 5.26. The van der Waals surface area contributed by atoms with Gasteiger partial charge in [0.1, 0.15) is 0 Å². The summed E-state index contributed by atoms with van der Waals surface area (Å²) >= 11 is 5.84. The summed E-state index contributed by atoms with van der Waals surface area (Å²) in [5.74, 6) is 1.49. The third-order valence-corrected chi connectivity index (χ3v) is 3.48. The van der Waals surface area contributed by atoms with E-state index in [4.69, 9.17) is 11.6 Å². The fourth-order valence-electron chi connectivity index (χ4n) is 2.50. The van der Waals surface area contributed by atoms with Crippen LogP contribution in [0, 0.1) is 19.8 Å². The lowest BCUT2D eigenvalue weighted by atomic mass is 10.0. The molecule has 1 rings (SSSR count). The van der Waals surface area contributed by atoms with Crippen LogP contribution in [-0.2, 0) is 6.54 Å². The zero-order chi connectivity index (χ0) is 13.4. The van der Waals surface area contributed by atoms with E-state index in [-0.39, 0.29) is 0 Å². The molecule has 0 saturated carbocycles.